The molecule has 5 heteroatoms. The van der Waals surface area contributed by atoms with E-state index < -0.39 is 0 Å². The van der Waals surface area contributed by atoms with Crippen LogP contribution in [0.1, 0.15) is 0 Å². The zero-order valence-corrected chi connectivity index (χ0v) is 32.0. The molecule has 12 rings (SSSR count). The van der Waals surface area contributed by atoms with Crippen LogP contribution < -0.4 is 0 Å². The third-order valence-electron chi connectivity index (χ3n) is 11.4. The first-order valence-electron chi connectivity index (χ1n) is 19.5. The third-order valence-corrected chi connectivity index (χ3v) is 12.5. The van der Waals surface area contributed by atoms with E-state index in [9.17, 15) is 0 Å². The molecule has 0 saturated heterocycles. The Kier molecular flexibility index (Phi) is 7.37. The number of thiophene rings is 1. The number of hydrogen-bond acceptors (Lipinski definition) is 4. The number of nitrogens with zero attached hydrogens (tertiary/aromatic N) is 4. The summed E-state index contributed by atoms with van der Waals surface area (Å²) in [5.74, 6) is 1.90. The van der Waals surface area contributed by atoms with Crippen molar-refractivity contribution >= 4 is 74.9 Å². The highest BCUT2D eigenvalue weighted by Crippen LogP contribution is 2.40. The van der Waals surface area contributed by atoms with Crippen molar-refractivity contribution in [3.05, 3.63) is 194 Å². The van der Waals surface area contributed by atoms with Gasteiger partial charge in [-0.05, 0) is 81.2 Å². The number of benzene rings is 9. The summed E-state index contributed by atoms with van der Waals surface area (Å²) in [7, 11) is 0. The van der Waals surface area contributed by atoms with Crippen molar-refractivity contribution < 1.29 is 0 Å². The molecule has 0 bridgehead atoms. The van der Waals surface area contributed by atoms with E-state index in [1.165, 1.54) is 41.7 Å². The number of hydrogen-bond donors (Lipinski definition) is 0. The Morgan fingerprint density at radius 1 is 0.328 bits per heavy atom. The molecule has 0 fully saturated rings. The standard InChI is InChI=1S/C53H32N4S/c1-2-13-33(14-3-1)34-18-12-19-38(27-34)51-54-52(39-25-26-44-43-22-9-11-24-49(43)58-50(44)31-39)56-53(55-51)46-32-40(28-37-17-6-7-20-41(37)46)57-47-23-10-8-21-42(47)45-29-35-15-4-5-16-36(35)30-48(45)57/h1-32H. The molecule has 58 heavy (non-hydrogen) atoms. The zero-order chi connectivity index (χ0) is 38.2. The average Bonchev–Trinajstić information content (AvgIpc) is 3.83. The largest absolute Gasteiger partial charge is 0.309 e. The molecule has 0 spiro atoms. The summed E-state index contributed by atoms with van der Waals surface area (Å²) in [6.07, 6.45) is 0. The first-order chi connectivity index (χ1) is 28.7. The molecular formula is C53H32N4S. The maximum Gasteiger partial charge on any atom is 0.164 e. The molecule has 0 aliphatic heterocycles. The summed E-state index contributed by atoms with van der Waals surface area (Å²) in [5, 5.41) is 9.59. The van der Waals surface area contributed by atoms with Crippen molar-refractivity contribution in [2.24, 2.45) is 0 Å². The van der Waals surface area contributed by atoms with Gasteiger partial charge in [-0.3, -0.25) is 0 Å². The van der Waals surface area contributed by atoms with Gasteiger partial charge in [-0.1, -0.05) is 146 Å². The van der Waals surface area contributed by atoms with E-state index in [1.54, 1.807) is 11.3 Å². The number of para-hydroxylation sites is 1. The van der Waals surface area contributed by atoms with Gasteiger partial charge in [-0.2, -0.15) is 0 Å². The normalized spacial score (nSPS) is 11.8. The molecule has 0 saturated carbocycles. The van der Waals surface area contributed by atoms with Gasteiger partial charge in [0.25, 0.3) is 0 Å². The zero-order valence-electron chi connectivity index (χ0n) is 31.2. The summed E-state index contributed by atoms with van der Waals surface area (Å²) in [6.45, 7) is 0. The van der Waals surface area contributed by atoms with E-state index in [-0.39, 0.29) is 0 Å². The molecule has 0 atom stereocenters. The van der Waals surface area contributed by atoms with E-state index in [0.29, 0.717) is 17.5 Å². The minimum Gasteiger partial charge on any atom is -0.309 e. The first-order valence-corrected chi connectivity index (χ1v) is 20.3. The summed E-state index contributed by atoms with van der Waals surface area (Å²) in [4.78, 5) is 15.9. The van der Waals surface area contributed by atoms with E-state index in [0.717, 1.165) is 55.3 Å². The Morgan fingerprint density at radius 3 is 1.79 bits per heavy atom. The quantitative estimate of drug-likeness (QED) is 0.176. The minimum absolute atomic E-state index is 0.630. The molecule has 4 nitrogen and oxygen atoms in total. The SMILES string of the molecule is c1ccc(-c2cccc(-c3nc(-c4ccc5c(c4)sc4ccccc45)nc(-c4cc(-n5c6ccccc6c6cc7ccccc7cc65)cc5ccccc45)n3)c2)cc1. The molecule has 270 valence electrons. The molecule has 0 amide bonds. The smallest absolute Gasteiger partial charge is 0.164 e. The second kappa shape index (κ2) is 13.1. The van der Waals surface area contributed by atoms with Crippen LogP contribution in [0.4, 0.5) is 0 Å². The van der Waals surface area contributed by atoms with Crippen LogP contribution in [0.25, 0.3) is 115 Å². The van der Waals surface area contributed by atoms with Gasteiger partial charge >= 0.3 is 0 Å². The molecular weight excluding hydrogens is 725 g/mol. The topological polar surface area (TPSA) is 43.6 Å². The second-order valence-corrected chi connectivity index (χ2v) is 15.9. The Morgan fingerprint density at radius 2 is 0.948 bits per heavy atom. The number of rotatable bonds is 5. The molecule has 0 unspecified atom stereocenters. The van der Waals surface area contributed by atoms with Gasteiger partial charge in [0, 0.05) is 53.3 Å². The van der Waals surface area contributed by atoms with Crippen molar-refractivity contribution in [2.45, 2.75) is 0 Å². The van der Waals surface area contributed by atoms with Crippen LogP contribution in [0.3, 0.4) is 0 Å². The number of aromatic nitrogens is 4. The summed E-state index contributed by atoms with van der Waals surface area (Å²) in [6, 6.07) is 69.3. The van der Waals surface area contributed by atoms with Gasteiger partial charge in [0.05, 0.1) is 11.0 Å². The molecule has 12 aromatic rings. The average molecular weight is 757 g/mol. The van der Waals surface area contributed by atoms with Gasteiger partial charge in [0.2, 0.25) is 0 Å². The first kappa shape index (κ1) is 32.7. The van der Waals surface area contributed by atoms with Crippen LogP contribution in [0.5, 0.6) is 0 Å². The molecule has 9 aromatic carbocycles. The Bertz CT molecular complexity index is 3580. The molecule has 0 N–H and O–H groups in total. The maximum absolute atomic E-state index is 5.35. The van der Waals surface area contributed by atoms with Gasteiger partial charge in [-0.15, -0.1) is 11.3 Å². The molecule has 3 heterocycles. The predicted octanol–water partition coefficient (Wildman–Crippen LogP) is 14.3. The fraction of sp³-hybridized carbons (Fsp3) is 0. The highest BCUT2D eigenvalue weighted by Gasteiger charge is 2.19. The Labute approximate surface area is 338 Å². The Balaban J connectivity index is 1.12. The van der Waals surface area contributed by atoms with E-state index in [1.807, 2.05) is 6.07 Å². The van der Waals surface area contributed by atoms with Crippen molar-refractivity contribution in [3.63, 3.8) is 0 Å². The molecule has 3 aromatic heterocycles. The van der Waals surface area contributed by atoms with Crippen LogP contribution in [0, 0.1) is 0 Å². The molecule has 0 aliphatic rings. The Hall–Kier alpha value is -7.47. The summed E-state index contributed by atoms with van der Waals surface area (Å²) >= 11 is 1.80. The van der Waals surface area contributed by atoms with Crippen molar-refractivity contribution in [1.29, 1.82) is 0 Å². The third kappa shape index (κ3) is 5.32. The van der Waals surface area contributed by atoms with Crippen molar-refractivity contribution in [2.75, 3.05) is 0 Å². The maximum atomic E-state index is 5.35. The van der Waals surface area contributed by atoms with Crippen LogP contribution in [-0.2, 0) is 0 Å². The van der Waals surface area contributed by atoms with Crippen LogP contribution in [-0.4, -0.2) is 19.5 Å². The summed E-state index contributed by atoms with van der Waals surface area (Å²) < 4.78 is 4.87. The minimum atomic E-state index is 0.630. The molecule has 0 radical (unpaired) electrons. The number of fused-ring (bicyclic) bond motifs is 8. The van der Waals surface area contributed by atoms with Gasteiger partial charge in [0.15, 0.2) is 17.5 Å². The van der Waals surface area contributed by atoms with Crippen LogP contribution >= 0.6 is 11.3 Å². The van der Waals surface area contributed by atoms with Gasteiger partial charge in [0.1, 0.15) is 0 Å². The lowest BCUT2D eigenvalue weighted by atomic mass is 10.0. The van der Waals surface area contributed by atoms with E-state index in [4.69, 9.17) is 15.0 Å². The highest BCUT2D eigenvalue weighted by atomic mass is 32.1. The fourth-order valence-electron chi connectivity index (χ4n) is 8.63. The van der Waals surface area contributed by atoms with E-state index >= 15 is 0 Å². The fourth-order valence-corrected chi connectivity index (χ4v) is 9.78. The van der Waals surface area contributed by atoms with Crippen molar-refractivity contribution in [1.82, 2.24) is 19.5 Å². The summed E-state index contributed by atoms with van der Waals surface area (Å²) in [5.41, 5.74) is 8.46. The highest BCUT2D eigenvalue weighted by molar-refractivity contribution is 7.25. The monoisotopic (exact) mass is 756 g/mol. The lowest BCUT2D eigenvalue weighted by Gasteiger charge is -2.15. The lowest BCUT2D eigenvalue weighted by molar-refractivity contribution is 1.07. The van der Waals surface area contributed by atoms with Crippen molar-refractivity contribution in [3.8, 4) is 51.0 Å². The van der Waals surface area contributed by atoms with Crippen LogP contribution in [0.2, 0.25) is 0 Å². The van der Waals surface area contributed by atoms with Crippen LogP contribution in [0.15, 0.2) is 194 Å². The second-order valence-electron chi connectivity index (χ2n) is 14.8. The van der Waals surface area contributed by atoms with Gasteiger partial charge in [-0.25, -0.2) is 15.0 Å². The molecule has 0 aliphatic carbocycles. The lowest BCUT2D eigenvalue weighted by Crippen LogP contribution is -2.02. The van der Waals surface area contributed by atoms with E-state index in [2.05, 4.69) is 193 Å². The predicted molar refractivity (Wildman–Crippen MR) is 244 cm³/mol. The van der Waals surface area contributed by atoms with Gasteiger partial charge < -0.3 is 4.57 Å².